The van der Waals surface area contributed by atoms with Gasteiger partial charge < -0.3 is 14.5 Å². The van der Waals surface area contributed by atoms with Crippen LogP contribution in [0.25, 0.3) is 0 Å². The number of aromatic nitrogens is 1. The Morgan fingerprint density at radius 2 is 2.05 bits per heavy atom. The first-order chi connectivity index (χ1) is 10.1. The third-order valence-electron chi connectivity index (χ3n) is 3.38. The number of aryl methyl sites for hydroxylation is 3. The lowest BCUT2D eigenvalue weighted by molar-refractivity contribution is 0.261. The molecule has 114 valence electrons. The van der Waals surface area contributed by atoms with Crippen molar-refractivity contribution in [2.45, 2.75) is 47.3 Å². The maximum atomic E-state index is 5.87. The molecule has 0 saturated carbocycles. The van der Waals surface area contributed by atoms with Crippen LogP contribution in [0.15, 0.2) is 22.6 Å². The fraction of sp³-hybridized carbons (Fsp3) is 0.471. The minimum absolute atomic E-state index is 0.435. The fourth-order valence-corrected chi connectivity index (χ4v) is 2.21. The van der Waals surface area contributed by atoms with Crippen LogP contribution in [0.1, 0.15) is 42.3 Å². The predicted octanol–water partition coefficient (Wildman–Crippen LogP) is 3.54. The summed E-state index contributed by atoms with van der Waals surface area (Å²) in [5.74, 6) is 2.67. The molecule has 2 aromatic heterocycles. The maximum absolute atomic E-state index is 5.87. The van der Waals surface area contributed by atoms with Crippen LogP contribution in [0, 0.1) is 13.8 Å². The number of pyridine rings is 1. The minimum atomic E-state index is 0.435. The molecule has 0 aliphatic rings. The van der Waals surface area contributed by atoms with Crippen LogP contribution >= 0.6 is 0 Å². The van der Waals surface area contributed by atoms with E-state index in [-0.39, 0.29) is 0 Å². The van der Waals surface area contributed by atoms with Crippen molar-refractivity contribution >= 4 is 0 Å². The number of hydrogen-bond donors (Lipinski definition) is 1. The van der Waals surface area contributed by atoms with Crippen molar-refractivity contribution in [3.63, 3.8) is 0 Å². The molecule has 0 radical (unpaired) electrons. The minimum Gasteiger partial charge on any atom is -0.484 e. The maximum Gasteiger partial charge on any atom is 0.146 e. The molecule has 2 aromatic rings. The van der Waals surface area contributed by atoms with Crippen LogP contribution < -0.4 is 10.1 Å². The number of ether oxygens (including phenoxy) is 1. The second-order valence-corrected chi connectivity index (χ2v) is 5.14. The summed E-state index contributed by atoms with van der Waals surface area (Å²) >= 11 is 0. The first kappa shape index (κ1) is 15.6. The fourth-order valence-electron chi connectivity index (χ4n) is 2.21. The normalized spacial score (nSPS) is 10.9. The zero-order valence-electron chi connectivity index (χ0n) is 13.3. The molecule has 2 rings (SSSR count). The number of hydrogen-bond acceptors (Lipinski definition) is 4. The summed E-state index contributed by atoms with van der Waals surface area (Å²) in [7, 11) is 0. The molecule has 21 heavy (non-hydrogen) atoms. The van der Waals surface area contributed by atoms with Crippen LogP contribution in [0.4, 0.5) is 0 Å². The Bertz CT molecular complexity index is 590. The molecule has 0 unspecified atom stereocenters. The highest BCUT2D eigenvalue weighted by Gasteiger charge is 2.09. The molecule has 2 heterocycles. The molecule has 0 saturated heterocycles. The number of nitrogens with zero attached hydrogens (tertiary/aromatic N) is 1. The van der Waals surface area contributed by atoms with Gasteiger partial charge in [0.15, 0.2) is 0 Å². The van der Waals surface area contributed by atoms with Gasteiger partial charge in [-0.15, -0.1) is 0 Å². The summed E-state index contributed by atoms with van der Waals surface area (Å²) in [5.41, 5.74) is 3.17. The van der Waals surface area contributed by atoms with Crippen molar-refractivity contribution in [1.82, 2.24) is 10.3 Å². The molecule has 0 aliphatic heterocycles. The summed E-state index contributed by atoms with van der Waals surface area (Å²) in [5, 5.41) is 3.27. The number of furan rings is 1. The lowest BCUT2D eigenvalue weighted by Gasteiger charge is -2.09. The topological polar surface area (TPSA) is 47.3 Å². The number of rotatable bonds is 7. The van der Waals surface area contributed by atoms with Gasteiger partial charge in [0.2, 0.25) is 0 Å². The van der Waals surface area contributed by atoms with E-state index < -0.39 is 0 Å². The Kier molecular flexibility index (Phi) is 5.39. The van der Waals surface area contributed by atoms with Crippen LogP contribution in [-0.4, -0.2) is 11.5 Å². The second-order valence-electron chi connectivity index (χ2n) is 5.14. The Hall–Kier alpha value is -1.81. The van der Waals surface area contributed by atoms with E-state index >= 15 is 0 Å². The van der Waals surface area contributed by atoms with Crippen molar-refractivity contribution in [1.29, 1.82) is 0 Å². The third-order valence-corrected chi connectivity index (χ3v) is 3.38. The van der Waals surface area contributed by atoms with Gasteiger partial charge in [-0.2, -0.15) is 0 Å². The quantitative estimate of drug-likeness (QED) is 0.846. The highest BCUT2D eigenvalue weighted by atomic mass is 16.5. The van der Waals surface area contributed by atoms with E-state index in [9.17, 15) is 0 Å². The molecular formula is C17H24N2O2. The Labute approximate surface area is 126 Å². The van der Waals surface area contributed by atoms with Gasteiger partial charge in [0.1, 0.15) is 23.9 Å². The van der Waals surface area contributed by atoms with E-state index in [1.54, 1.807) is 0 Å². The van der Waals surface area contributed by atoms with Crippen molar-refractivity contribution in [3.05, 3.63) is 46.7 Å². The Morgan fingerprint density at radius 3 is 2.76 bits per heavy atom. The van der Waals surface area contributed by atoms with Gasteiger partial charge in [0, 0.05) is 5.69 Å². The van der Waals surface area contributed by atoms with E-state index in [1.807, 2.05) is 25.1 Å². The second kappa shape index (κ2) is 7.27. The van der Waals surface area contributed by atoms with Crippen LogP contribution in [0.3, 0.4) is 0 Å². The summed E-state index contributed by atoms with van der Waals surface area (Å²) < 4.78 is 11.7. The zero-order chi connectivity index (χ0) is 15.2. The molecule has 0 atom stereocenters. The molecule has 0 aliphatic carbocycles. The van der Waals surface area contributed by atoms with E-state index in [0.717, 1.165) is 53.7 Å². The van der Waals surface area contributed by atoms with E-state index in [4.69, 9.17) is 9.15 Å². The summed E-state index contributed by atoms with van der Waals surface area (Å²) in [6.07, 6.45) is 0.861. The molecular weight excluding hydrogens is 264 g/mol. The highest BCUT2D eigenvalue weighted by molar-refractivity contribution is 5.29. The molecule has 0 aromatic carbocycles. The average Bonchev–Trinajstić information content (AvgIpc) is 2.83. The smallest absolute Gasteiger partial charge is 0.146 e. The van der Waals surface area contributed by atoms with Gasteiger partial charge in [-0.25, -0.2) is 0 Å². The van der Waals surface area contributed by atoms with Crippen LogP contribution in [0.2, 0.25) is 0 Å². The molecule has 0 spiro atoms. The van der Waals surface area contributed by atoms with Gasteiger partial charge in [0.05, 0.1) is 12.2 Å². The first-order valence-electron chi connectivity index (χ1n) is 7.52. The standard InChI is InChI=1S/C17H24N2O2/c1-5-15-16(8-7-13(4)19-15)20-11-14-9-12(3)17(21-14)10-18-6-2/h7-9,18H,5-6,10-11H2,1-4H3. The van der Waals surface area contributed by atoms with Crippen molar-refractivity contribution in [3.8, 4) is 5.75 Å². The van der Waals surface area contributed by atoms with Gasteiger partial charge in [-0.3, -0.25) is 4.98 Å². The number of nitrogens with one attached hydrogen (secondary N) is 1. The zero-order valence-corrected chi connectivity index (χ0v) is 13.3. The van der Waals surface area contributed by atoms with E-state index in [1.165, 1.54) is 0 Å². The van der Waals surface area contributed by atoms with Gasteiger partial charge in [-0.05, 0) is 50.6 Å². The predicted molar refractivity (Wildman–Crippen MR) is 83.5 cm³/mol. The molecule has 0 amide bonds. The van der Waals surface area contributed by atoms with Gasteiger partial charge >= 0.3 is 0 Å². The summed E-state index contributed by atoms with van der Waals surface area (Å²) in [6.45, 7) is 10.3. The highest BCUT2D eigenvalue weighted by Crippen LogP contribution is 2.21. The first-order valence-corrected chi connectivity index (χ1v) is 7.52. The van der Waals surface area contributed by atoms with E-state index in [0.29, 0.717) is 6.61 Å². The van der Waals surface area contributed by atoms with Crippen molar-refractivity contribution < 1.29 is 9.15 Å². The molecule has 0 fully saturated rings. The van der Waals surface area contributed by atoms with E-state index in [2.05, 4.69) is 31.1 Å². The van der Waals surface area contributed by atoms with Crippen molar-refractivity contribution in [2.75, 3.05) is 6.54 Å². The van der Waals surface area contributed by atoms with Crippen LogP contribution in [0.5, 0.6) is 5.75 Å². The summed E-state index contributed by atoms with van der Waals surface area (Å²) in [6, 6.07) is 5.99. The molecule has 1 N–H and O–H groups in total. The lowest BCUT2D eigenvalue weighted by atomic mass is 10.2. The monoisotopic (exact) mass is 288 g/mol. The Balaban J connectivity index is 2.03. The molecule has 0 bridgehead atoms. The summed E-state index contributed by atoms with van der Waals surface area (Å²) in [4.78, 5) is 4.50. The average molecular weight is 288 g/mol. The third kappa shape index (κ3) is 4.08. The van der Waals surface area contributed by atoms with Gasteiger partial charge in [-0.1, -0.05) is 13.8 Å². The molecule has 4 heteroatoms. The Morgan fingerprint density at radius 1 is 1.24 bits per heavy atom. The van der Waals surface area contributed by atoms with Crippen LogP contribution in [-0.2, 0) is 19.6 Å². The lowest BCUT2D eigenvalue weighted by Crippen LogP contribution is -2.11. The van der Waals surface area contributed by atoms with Gasteiger partial charge in [0.25, 0.3) is 0 Å². The van der Waals surface area contributed by atoms with Crippen molar-refractivity contribution in [2.24, 2.45) is 0 Å². The molecule has 4 nitrogen and oxygen atoms in total. The SMILES string of the molecule is CCNCc1oc(COc2ccc(C)nc2CC)cc1C. The largest absolute Gasteiger partial charge is 0.484 e.